The second kappa shape index (κ2) is 4.90. The molecule has 2 heterocycles. The van der Waals surface area contributed by atoms with Crippen molar-refractivity contribution in [3.05, 3.63) is 30.5 Å². The van der Waals surface area contributed by atoms with E-state index in [0.717, 1.165) is 18.6 Å². The number of benzene rings is 1. The molecule has 4 nitrogen and oxygen atoms in total. The van der Waals surface area contributed by atoms with E-state index in [4.69, 9.17) is 0 Å². The van der Waals surface area contributed by atoms with Crippen LogP contribution in [0.2, 0.25) is 0 Å². The maximum Gasteiger partial charge on any atom is 0.0950 e. The number of hydrogen-bond acceptors (Lipinski definition) is 4. The smallest absolute Gasteiger partial charge is 0.0950 e. The Labute approximate surface area is 107 Å². The zero-order chi connectivity index (χ0) is 12.4. The molecule has 4 heteroatoms. The summed E-state index contributed by atoms with van der Waals surface area (Å²) in [5.41, 5.74) is 2.16. The monoisotopic (exact) mass is 242 g/mol. The summed E-state index contributed by atoms with van der Waals surface area (Å²) in [5, 5.41) is 12.9. The van der Waals surface area contributed by atoms with Crippen molar-refractivity contribution in [1.29, 1.82) is 0 Å². The van der Waals surface area contributed by atoms with Gasteiger partial charge >= 0.3 is 0 Å². The van der Waals surface area contributed by atoms with Crippen LogP contribution in [0.5, 0.6) is 0 Å². The average molecular weight is 242 g/mol. The van der Waals surface area contributed by atoms with Crippen molar-refractivity contribution >= 4 is 16.6 Å². The van der Waals surface area contributed by atoms with Gasteiger partial charge in [0, 0.05) is 18.5 Å². The normalized spacial score (nSPS) is 16.9. The third kappa shape index (κ3) is 2.04. The first-order chi connectivity index (χ1) is 8.86. The lowest BCUT2D eigenvalue weighted by Crippen LogP contribution is -2.41. The number of anilines is 1. The molecule has 1 aromatic carbocycles. The van der Waals surface area contributed by atoms with Crippen molar-refractivity contribution in [2.75, 3.05) is 25.0 Å². The summed E-state index contributed by atoms with van der Waals surface area (Å²) < 4.78 is 0. The van der Waals surface area contributed by atoms with E-state index in [-0.39, 0.29) is 0 Å². The predicted molar refractivity (Wildman–Crippen MR) is 73.8 cm³/mol. The summed E-state index contributed by atoms with van der Waals surface area (Å²) in [6.45, 7) is 2.21. The molecule has 94 valence electrons. The molecule has 0 amide bonds. The Hall–Kier alpha value is -1.68. The third-order valence-corrected chi connectivity index (χ3v) is 3.76. The summed E-state index contributed by atoms with van der Waals surface area (Å²) in [4.78, 5) is 2.36. The second-order valence-corrected chi connectivity index (χ2v) is 4.84. The highest BCUT2D eigenvalue weighted by Gasteiger charge is 2.19. The zero-order valence-electron chi connectivity index (χ0n) is 10.6. The molecular formula is C14H18N4. The van der Waals surface area contributed by atoms with Crippen LogP contribution in [-0.2, 0) is 0 Å². The van der Waals surface area contributed by atoms with Crippen molar-refractivity contribution in [2.24, 2.45) is 0 Å². The van der Waals surface area contributed by atoms with E-state index in [0.29, 0.717) is 6.04 Å². The number of rotatable bonds is 2. The standard InChI is InChI=1S/C14H18N4/c1-18(11-6-8-15-9-7-11)14-10-16-17-13-5-3-2-4-12(13)14/h2-5,10-11,15H,6-9H2,1H3. The van der Waals surface area contributed by atoms with E-state index in [1.807, 2.05) is 18.3 Å². The van der Waals surface area contributed by atoms with Crippen molar-refractivity contribution in [1.82, 2.24) is 15.5 Å². The molecule has 1 fully saturated rings. The van der Waals surface area contributed by atoms with Gasteiger partial charge in [-0.15, -0.1) is 0 Å². The summed E-state index contributed by atoms with van der Waals surface area (Å²) in [6, 6.07) is 8.80. The molecule has 3 rings (SSSR count). The van der Waals surface area contributed by atoms with Gasteiger partial charge < -0.3 is 10.2 Å². The highest BCUT2D eigenvalue weighted by molar-refractivity contribution is 5.90. The van der Waals surface area contributed by atoms with E-state index in [1.54, 1.807) is 0 Å². The van der Waals surface area contributed by atoms with Crippen LogP contribution in [0.3, 0.4) is 0 Å². The van der Waals surface area contributed by atoms with Gasteiger partial charge in [0.15, 0.2) is 0 Å². The largest absolute Gasteiger partial charge is 0.370 e. The van der Waals surface area contributed by atoms with Crippen molar-refractivity contribution < 1.29 is 0 Å². The number of nitrogens with one attached hydrogen (secondary N) is 1. The van der Waals surface area contributed by atoms with E-state index < -0.39 is 0 Å². The van der Waals surface area contributed by atoms with Gasteiger partial charge in [-0.3, -0.25) is 0 Å². The predicted octanol–water partition coefficient (Wildman–Crippen LogP) is 1.82. The Morgan fingerprint density at radius 2 is 2.00 bits per heavy atom. The van der Waals surface area contributed by atoms with Crippen LogP contribution < -0.4 is 10.2 Å². The van der Waals surface area contributed by atoms with Crippen LogP contribution in [0.15, 0.2) is 30.5 Å². The Kier molecular flexibility index (Phi) is 3.11. The highest BCUT2D eigenvalue weighted by Crippen LogP contribution is 2.26. The first-order valence-corrected chi connectivity index (χ1v) is 6.50. The fraction of sp³-hybridized carbons (Fsp3) is 0.429. The van der Waals surface area contributed by atoms with Gasteiger partial charge in [-0.25, -0.2) is 0 Å². The first-order valence-electron chi connectivity index (χ1n) is 6.50. The Balaban J connectivity index is 1.97. The SMILES string of the molecule is CN(c1cnnc2ccccc12)C1CCNCC1. The minimum atomic E-state index is 0.596. The Bertz CT molecular complexity index is 529. The molecule has 1 aliphatic rings. The molecule has 1 aromatic heterocycles. The Morgan fingerprint density at radius 1 is 1.22 bits per heavy atom. The zero-order valence-corrected chi connectivity index (χ0v) is 10.6. The maximum atomic E-state index is 4.18. The number of fused-ring (bicyclic) bond motifs is 1. The number of aromatic nitrogens is 2. The molecule has 0 aliphatic carbocycles. The summed E-state index contributed by atoms with van der Waals surface area (Å²) >= 11 is 0. The lowest BCUT2D eigenvalue weighted by atomic mass is 10.0. The fourth-order valence-corrected chi connectivity index (χ4v) is 2.66. The summed E-state index contributed by atoms with van der Waals surface area (Å²) in [5.74, 6) is 0. The van der Waals surface area contributed by atoms with E-state index in [1.165, 1.54) is 23.9 Å². The van der Waals surface area contributed by atoms with Crippen LogP contribution in [0.4, 0.5) is 5.69 Å². The number of nitrogens with zero attached hydrogens (tertiary/aromatic N) is 3. The minimum absolute atomic E-state index is 0.596. The van der Waals surface area contributed by atoms with Gasteiger partial charge in [0.1, 0.15) is 0 Å². The molecule has 0 radical (unpaired) electrons. The van der Waals surface area contributed by atoms with Crippen LogP contribution >= 0.6 is 0 Å². The van der Waals surface area contributed by atoms with Gasteiger partial charge in [0.2, 0.25) is 0 Å². The minimum Gasteiger partial charge on any atom is -0.370 e. The summed E-state index contributed by atoms with van der Waals surface area (Å²) in [6.07, 6.45) is 4.25. The topological polar surface area (TPSA) is 41.1 Å². The van der Waals surface area contributed by atoms with Crippen LogP contribution in [0.1, 0.15) is 12.8 Å². The lowest BCUT2D eigenvalue weighted by molar-refractivity contribution is 0.443. The van der Waals surface area contributed by atoms with Gasteiger partial charge in [-0.05, 0) is 32.0 Å². The molecule has 0 atom stereocenters. The van der Waals surface area contributed by atoms with Crippen molar-refractivity contribution in [2.45, 2.75) is 18.9 Å². The molecule has 0 saturated carbocycles. The summed E-state index contributed by atoms with van der Waals surface area (Å²) in [7, 11) is 2.17. The molecular weight excluding hydrogens is 224 g/mol. The van der Waals surface area contributed by atoms with Crippen LogP contribution in [0, 0.1) is 0 Å². The molecule has 0 unspecified atom stereocenters. The molecule has 1 N–H and O–H groups in total. The van der Waals surface area contributed by atoms with Crippen molar-refractivity contribution in [3.63, 3.8) is 0 Å². The Morgan fingerprint density at radius 3 is 2.83 bits per heavy atom. The van der Waals surface area contributed by atoms with Gasteiger partial charge in [0.25, 0.3) is 0 Å². The fourth-order valence-electron chi connectivity index (χ4n) is 2.66. The highest BCUT2D eigenvalue weighted by atomic mass is 15.2. The number of piperidine rings is 1. The van der Waals surface area contributed by atoms with E-state index >= 15 is 0 Å². The first kappa shape index (κ1) is 11.4. The molecule has 1 aliphatic heterocycles. The van der Waals surface area contributed by atoms with Gasteiger partial charge in [-0.2, -0.15) is 10.2 Å². The van der Waals surface area contributed by atoms with Crippen molar-refractivity contribution in [3.8, 4) is 0 Å². The van der Waals surface area contributed by atoms with Crippen LogP contribution in [0.25, 0.3) is 10.9 Å². The van der Waals surface area contributed by atoms with Gasteiger partial charge in [-0.1, -0.05) is 18.2 Å². The third-order valence-electron chi connectivity index (χ3n) is 3.76. The molecule has 2 aromatic rings. The van der Waals surface area contributed by atoms with E-state index in [9.17, 15) is 0 Å². The quantitative estimate of drug-likeness (QED) is 0.872. The molecule has 18 heavy (non-hydrogen) atoms. The lowest BCUT2D eigenvalue weighted by Gasteiger charge is -2.33. The van der Waals surface area contributed by atoms with Crippen LogP contribution in [-0.4, -0.2) is 36.4 Å². The maximum absolute atomic E-state index is 4.18. The average Bonchev–Trinajstić information content (AvgIpc) is 2.47. The molecule has 0 bridgehead atoms. The van der Waals surface area contributed by atoms with Gasteiger partial charge in [0.05, 0.1) is 17.4 Å². The van der Waals surface area contributed by atoms with E-state index in [2.05, 4.69) is 39.6 Å². The number of hydrogen-bond donors (Lipinski definition) is 1. The molecule has 1 saturated heterocycles. The second-order valence-electron chi connectivity index (χ2n) is 4.84. The molecule has 0 spiro atoms.